The first-order chi connectivity index (χ1) is 9.33. The van der Waals surface area contributed by atoms with E-state index in [0.29, 0.717) is 6.42 Å². The maximum absolute atomic E-state index is 11.2. The average molecular weight is 266 g/mol. The van der Waals surface area contributed by atoms with Gasteiger partial charge in [0.15, 0.2) is 5.78 Å². The van der Waals surface area contributed by atoms with Crippen LogP contribution in [-0.2, 0) is 9.53 Å². The molecule has 0 heterocycles. The molecule has 2 nitrogen and oxygen atoms in total. The standard InChI is InChI=1S/C17H30O2/c1-2-3-4-5-6-7-8-9-10-14-19-17-13-11-12-16(18)15-17/h15H,2-14H2,1H3. The molecule has 0 amide bonds. The Kier molecular flexibility index (Phi) is 9.48. The molecule has 0 N–H and O–H groups in total. The van der Waals surface area contributed by atoms with E-state index in [1.165, 1.54) is 51.4 Å². The van der Waals surface area contributed by atoms with Crippen LogP contribution in [0, 0.1) is 0 Å². The van der Waals surface area contributed by atoms with Gasteiger partial charge in [-0.3, -0.25) is 4.79 Å². The largest absolute Gasteiger partial charge is 0.498 e. The first-order valence-electron chi connectivity index (χ1n) is 8.19. The predicted octanol–water partition coefficient (Wildman–Crippen LogP) is 5.17. The van der Waals surface area contributed by atoms with Gasteiger partial charge in [-0.1, -0.05) is 58.3 Å². The van der Waals surface area contributed by atoms with Crippen molar-refractivity contribution in [1.29, 1.82) is 0 Å². The Hall–Kier alpha value is -0.790. The summed E-state index contributed by atoms with van der Waals surface area (Å²) in [7, 11) is 0. The number of hydrogen-bond donors (Lipinski definition) is 0. The molecule has 0 unspecified atom stereocenters. The van der Waals surface area contributed by atoms with Crippen LogP contribution in [-0.4, -0.2) is 12.4 Å². The molecule has 0 aliphatic heterocycles. The van der Waals surface area contributed by atoms with Crippen molar-refractivity contribution in [3.05, 3.63) is 11.8 Å². The van der Waals surface area contributed by atoms with Gasteiger partial charge in [0.1, 0.15) is 0 Å². The Morgan fingerprint density at radius 2 is 1.58 bits per heavy atom. The van der Waals surface area contributed by atoms with Crippen LogP contribution in [0.25, 0.3) is 0 Å². The number of allylic oxidation sites excluding steroid dienone is 2. The molecule has 0 aromatic carbocycles. The van der Waals surface area contributed by atoms with Gasteiger partial charge < -0.3 is 4.74 Å². The van der Waals surface area contributed by atoms with E-state index in [0.717, 1.165) is 31.6 Å². The minimum absolute atomic E-state index is 0.230. The Balaban J connectivity index is 1.85. The molecule has 0 bridgehead atoms. The van der Waals surface area contributed by atoms with Gasteiger partial charge >= 0.3 is 0 Å². The summed E-state index contributed by atoms with van der Waals surface area (Å²) in [5.41, 5.74) is 0. The molecule has 1 rings (SSSR count). The van der Waals surface area contributed by atoms with Crippen molar-refractivity contribution in [2.24, 2.45) is 0 Å². The number of unbranched alkanes of at least 4 members (excludes halogenated alkanes) is 8. The van der Waals surface area contributed by atoms with Crippen molar-refractivity contribution in [2.45, 2.75) is 84.0 Å². The third kappa shape index (κ3) is 8.85. The zero-order valence-corrected chi connectivity index (χ0v) is 12.6. The fourth-order valence-electron chi connectivity index (χ4n) is 2.49. The van der Waals surface area contributed by atoms with Gasteiger partial charge in [-0.25, -0.2) is 0 Å². The predicted molar refractivity (Wildman–Crippen MR) is 80.1 cm³/mol. The molecule has 0 aromatic rings. The minimum atomic E-state index is 0.230. The highest BCUT2D eigenvalue weighted by Crippen LogP contribution is 2.17. The van der Waals surface area contributed by atoms with E-state index in [-0.39, 0.29) is 5.78 Å². The average Bonchev–Trinajstić information content (AvgIpc) is 2.41. The first-order valence-corrected chi connectivity index (χ1v) is 8.19. The second kappa shape index (κ2) is 11.1. The van der Waals surface area contributed by atoms with Crippen LogP contribution < -0.4 is 0 Å². The number of carbonyl (C=O) groups is 1. The highest BCUT2D eigenvalue weighted by atomic mass is 16.5. The topological polar surface area (TPSA) is 26.3 Å². The monoisotopic (exact) mass is 266 g/mol. The highest BCUT2D eigenvalue weighted by molar-refractivity contribution is 5.90. The first kappa shape index (κ1) is 16.3. The van der Waals surface area contributed by atoms with E-state index < -0.39 is 0 Å². The molecule has 1 aliphatic rings. The highest BCUT2D eigenvalue weighted by Gasteiger charge is 2.10. The Morgan fingerprint density at radius 3 is 2.21 bits per heavy atom. The third-order valence-electron chi connectivity index (χ3n) is 3.70. The van der Waals surface area contributed by atoms with Crippen molar-refractivity contribution < 1.29 is 9.53 Å². The maximum Gasteiger partial charge on any atom is 0.159 e. The summed E-state index contributed by atoms with van der Waals surface area (Å²) in [6, 6.07) is 0. The molecule has 2 heteroatoms. The summed E-state index contributed by atoms with van der Waals surface area (Å²) in [6.45, 7) is 3.05. The molecular weight excluding hydrogens is 236 g/mol. The Bertz CT molecular complexity index is 268. The molecule has 19 heavy (non-hydrogen) atoms. The van der Waals surface area contributed by atoms with Crippen LogP contribution in [0.3, 0.4) is 0 Å². The Morgan fingerprint density at radius 1 is 0.947 bits per heavy atom. The molecule has 0 saturated heterocycles. The number of hydrogen-bond acceptors (Lipinski definition) is 2. The second-order valence-corrected chi connectivity index (χ2v) is 5.61. The zero-order chi connectivity index (χ0) is 13.8. The zero-order valence-electron chi connectivity index (χ0n) is 12.6. The van der Waals surface area contributed by atoms with Crippen molar-refractivity contribution in [2.75, 3.05) is 6.61 Å². The van der Waals surface area contributed by atoms with Gasteiger partial charge in [0.05, 0.1) is 12.4 Å². The molecule has 0 fully saturated rings. The summed E-state index contributed by atoms with van der Waals surface area (Å²) in [5.74, 6) is 1.14. The lowest BCUT2D eigenvalue weighted by atomic mass is 10.1. The molecule has 0 atom stereocenters. The van der Waals surface area contributed by atoms with E-state index in [1.54, 1.807) is 6.08 Å². The summed E-state index contributed by atoms with van der Waals surface area (Å²) >= 11 is 0. The van der Waals surface area contributed by atoms with Crippen LogP contribution in [0.15, 0.2) is 11.8 Å². The van der Waals surface area contributed by atoms with Gasteiger partial charge in [0, 0.05) is 18.9 Å². The molecule has 1 aliphatic carbocycles. The lowest BCUT2D eigenvalue weighted by Gasteiger charge is -2.13. The normalized spacial score (nSPS) is 15.4. The number of rotatable bonds is 11. The second-order valence-electron chi connectivity index (χ2n) is 5.61. The van der Waals surface area contributed by atoms with Crippen LogP contribution in [0.2, 0.25) is 0 Å². The van der Waals surface area contributed by atoms with E-state index in [1.807, 2.05) is 0 Å². The molecule has 110 valence electrons. The van der Waals surface area contributed by atoms with Crippen molar-refractivity contribution >= 4 is 5.78 Å². The van der Waals surface area contributed by atoms with E-state index >= 15 is 0 Å². The quantitative estimate of drug-likeness (QED) is 0.482. The summed E-state index contributed by atoms with van der Waals surface area (Å²) in [6.07, 6.45) is 16.3. The van der Waals surface area contributed by atoms with Gasteiger partial charge in [0.25, 0.3) is 0 Å². The van der Waals surface area contributed by atoms with Gasteiger partial charge in [-0.05, 0) is 12.8 Å². The maximum atomic E-state index is 11.2. The molecule has 0 saturated carbocycles. The van der Waals surface area contributed by atoms with Crippen LogP contribution in [0.5, 0.6) is 0 Å². The van der Waals surface area contributed by atoms with E-state index in [9.17, 15) is 4.79 Å². The van der Waals surface area contributed by atoms with Crippen molar-refractivity contribution in [3.8, 4) is 0 Å². The lowest BCUT2D eigenvalue weighted by molar-refractivity contribution is -0.115. The van der Waals surface area contributed by atoms with Crippen LogP contribution in [0.1, 0.15) is 84.0 Å². The molecule has 0 spiro atoms. The molecule has 0 radical (unpaired) electrons. The summed E-state index contributed by atoms with van der Waals surface area (Å²) in [5, 5.41) is 0. The van der Waals surface area contributed by atoms with Crippen LogP contribution >= 0.6 is 0 Å². The summed E-state index contributed by atoms with van der Waals surface area (Å²) < 4.78 is 5.65. The van der Waals surface area contributed by atoms with Crippen molar-refractivity contribution in [3.63, 3.8) is 0 Å². The number of ether oxygens (including phenoxy) is 1. The van der Waals surface area contributed by atoms with Gasteiger partial charge in [-0.15, -0.1) is 0 Å². The van der Waals surface area contributed by atoms with E-state index in [4.69, 9.17) is 4.74 Å². The fourth-order valence-corrected chi connectivity index (χ4v) is 2.49. The SMILES string of the molecule is CCCCCCCCCCCOC1=CC(=O)CCC1. The molecule has 0 aromatic heterocycles. The summed E-state index contributed by atoms with van der Waals surface area (Å²) in [4.78, 5) is 11.2. The van der Waals surface area contributed by atoms with Gasteiger partial charge in [0.2, 0.25) is 0 Å². The smallest absolute Gasteiger partial charge is 0.159 e. The minimum Gasteiger partial charge on any atom is -0.498 e. The van der Waals surface area contributed by atoms with Crippen molar-refractivity contribution in [1.82, 2.24) is 0 Å². The number of carbonyl (C=O) groups excluding carboxylic acids is 1. The third-order valence-corrected chi connectivity index (χ3v) is 3.70. The van der Waals surface area contributed by atoms with E-state index in [2.05, 4.69) is 6.92 Å². The lowest BCUT2D eigenvalue weighted by Crippen LogP contribution is -2.06. The van der Waals surface area contributed by atoms with Gasteiger partial charge in [-0.2, -0.15) is 0 Å². The fraction of sp³-hybridized carbons (Fsp3) is 0.824. The Labute approximate surface area is 118 Å². The number of ketones is 1. The van der Waals surface area contributed by atoms with Crippen LogP contribution in [0.4, 0.5) is 0 Å². The molecular formula is C17H30O2.